The molecule has 144 valence electrons. The largest absolute Gasteiger partial charge is 0.445 e. The first-order chi connectivity index (χ1) is 13.0. The van der Waals surface area contributed by atoms with Gasteiger partial charge >= 0.3 is 6.09 Å². The summed E-state index contributed by atoms with van der Waals surface area (Å²) in [6.45, 7) is 5.14. The molecule has 27 heavy (non-hydrogen) atoms. The lowest BCUT2D eigenvalue weighted by Gasteiger charge is -2.45. The Hall–Kier alpha value is -2.56. The Labute approximate surface area is 160 Å². The molecule has 0 aliphatic carbocycles. The van der Waals surface area contributed by atoms with Crippen molar-refractivity contribution in [3.05, 3.63) is 66.0 Å². The second kappa shape index (κ2) is 8.42. The van der Waals surface area contributed by atoms with Crippen LogP contribution >= 0.6 is 0 Å². The minimum atomic E-state index is -0.263. The zero-order valence-electron chi connectivity index (χ0n) is 16.1. The number of anilines is 1. The maximum absolute atomic E-state index is 13.2. The predicted octanol–water partition coefficient (Wildman–Crippen LogP) is 4.70. The molecular formula is C22H27FN2O2. The number of carbonyl (C=O) groups is 1. The minimum Gasteiger partial charge on any atom is -0.445 e. The molecule has 0 bridgehead atoms. The maximum atomic E-state index is 13.2. The molecule has 1 aliphatic rings. The molecule has 0 N–H and O–H groups in total. The van der Waals surface area contributed by atoms with Crippen molar-refractivity contribution in [3.8, 4) is 0 Å². The lowest BCUT2D eigenvalue weighted by Crippen LogP contribution is -2.54. The normalized spacial score (nSPS) is 22.4. The molecule has 2 aromatic rings. The highest BCUT2D eigenvalue weighted by Gasteiger charge is 2.36. The van der Waals surface area contributed by atoms with E-state index in [4.69, 9.17) is 4.74 Å². The molecule has 1 saturated heterocycles. The number of halogens is 1. The number of hydrogen-bond donors (Lipinski definition) is 0. The van der Waals surface area contributed by atoms with Crippen molar-refractivity contribution in [1.82, 2.24) is 4.90 Å². The fourth-order valence-corrected chi connectivity index (χ4v) is 3.79. The monoisotopic (exact) mass is 370 g/mol. The van der Waals surface area contributed by atoms with Gasteiger partial charge in [0.1, 0.15) is 12.4 Å². The van der Waals surface area contributed by atoms with E-state index >= 15 is 0 Å². The van der Waals surface area contributed by atoms with E-state index in [9.17, 15) is 9.18 Å². The van der Waals surface area contributed by atoms with Gasteiger partial charge < -0.3 is 14.5 Å². The van der Waals surface area contributed by atoms with Crippen LogP contribution in [0.5, 0.6) is 0 Å². The van der Waals surface area contributed by atoms with Crippen LogP contribution in [0.2, 0.25) is 0 Å². The first-order valence-electron chi connectivity index (χ1n) is 9.41. The van der Waals surface area contributed by atoms with Crippen molar-refractivity contribution in [3.63, 3.8) is 0 Å². The molecule has 3 rings (SSSR count). The average Bonchev–Trinajstić information content (AvgIpc) is 2.68. The van der Waals surface area contributed by atoms with E-state index in [1.165, 1.54) is 12.1 Å². The summed E-state index contributed by atoms with van der Waals surface area (Å²) < 4.78 is 18.7. The van der Waals surface area contributed by atoms with Gasteiger partial charge in [0.05, 0.1) is 0 Å². The predicted molar refractivity (Wildman–Crippen MR) is 105 cm³/mol. The quantitative estimate of drug-likeness (QED) is 0.782. The van der Waals surface area contributed by atoms with Crippen molar-refractivity contribution in [2.75, 3.05) is 18.5 Å². The fraction of sp³-hybridized carbons (Fsp3) is 0.409. The van der Waals surface area contributed by atoms with Crippen LogP contribution in [0.4, 0.5) is 14.9 Å². The van der Waals surface area contributed by atoms with Crippen LogP contribution in [0.25, 0.3) is 0 Å². The zero-order valence-corrected chi connectivity index (χ0v) is 16.1. The van der Waals surface area contributed by atoms with Crippen molar-refractivity contribution in [2.24, 2.45) is 5.92 Å². The summed E-state index contributed by atoms with van der Waals surface area (Å²) in [6.07, 6.45) is 0.580. The van der Waals surface area contributed by atoms with Crippen LogP contribution in [0.1, 0.15) is 25.8 Å². The molecule has 1 amide bonds. The molecule has 1 unspecified atom stereocenters. The van der Waals surface area contributed by atoms with E-state index in [0.29, 0.717) is 6.54 Å². The first kappa shape index (κ1) is 19.2. The number of benzene rings is 2. The summed E-state index contributed by atoms with van der Waals surface area (Å²) in [7, 11) is 2.03. The third-order valence-corrected chi connectivity index (χ3v) is 5.43. The zero-order chi connectivity index (χ0) is 19.4. The van der Waals surface area contributed by atoms with E-state index in [2.05, 4.69) is 18.7 Å². The number of piperidine rings is 1. The Bertz CT molecular complexity index is 751. The van der Waals surface area contributed by atoms with E-state index in [0.717, 1.165) is 17.7 Å². The molecule has 0 aromatic heterocycles. The second-order valence-electron chi connectivity index (χ2n) is 7.41. The van der Waals surface area contributed by atoms with Crippen LogP contribution in [-0.4, -0.2) is 36.7 Å². The highest BCUT2D eigenvalue weighted by atomic mass is 19.1. The van der Waals surface area contributed by atoms with Crippen molar-refractivity contribution < 1.29 is 13.9 Å². The van der Waals surface area contributed by atoms with Crippen LogP contribution in [0.15, 0.2) is 54.6 Å². The Balaban J connectivity index is 1.60. The number of rotatable bonds is 4. The van der Waals surface area contributed by atoms with Crippen LogP contribution in [0.3, 0.4) is 0 Å². The molecule has 0 radical (unpaired) electrons. The minimum absolute atomic E-state index is 0.0809. The van der Waals surface area contributed by atoms with E-state index in [-0.39, 0.29) is 36.5 Å². The summed E-state index contributed by atoms with van der Waals surface area (Å²) in [4.78, 5) is 16.6. The van der Waals surface area contributed by atoms with Gasteiger partial charge in [-0.05, 0) is 49.1 Å². The molecule has 1 fully saturated rings. The lowest BCUT2D eigenvalue weighted by atomic mass is 9.88. The molecule has 0 spiro atoms. The van der Waals surface area contributed by atoms with E-state index < -0.39 is 0 Å². The van der Waals surface area contributed by atoms with Crippen molar-refractivity contribution in [2.45, 2.75) is 39.0 Å². The van der Waals surface area contributed by atoms with Gasteiger partial charge in [0.2, 0.25) is 0 Å². The topological polar surface area (TPSA) is 32.8 Å². The summed E-state index contributed by atoms with van der Waals surface area (Å²) >= 11 is 0. The molecule has 1 heterocycles. The van der Waals surface area contributed by atoms with Gasteiger partial charge in [-0.2, -0.15) is 0 Å². The smallest absolute Gasteiger partial charge is 0.410 e. The number of nitrogens with zero attached hydrogens (tertiary/aromatic N) is 2. The molecule has 0 saturated carbocycles. The SMILES string of the molecule is C[C@@H]1CN(C(=O)OCc2ccccc2)[C@@H](C)CC1N(C)c1ccc(F)cc1. The third kappa shape index (κ3) is 4.59. The number of carbonyl (C=O) groups excluding carboxylic acids is 1. The summed E-state index contributed by atoms with van der Waals surface area (Å²) in [5, 5.41) is 0. The molecule has 4 nitrogen and oxygen atoms in total. The Morgan fingerprint density at radius 2 is 1.81 bits per heavy atom. The standard InChI is InChI=1S/C22H27FN2O2/c1-16-14-25(22(26)27-15-18-7-5-4-6-8-18)17(2)13-21(16)24(3)20-11-9-19(23)10-12-20/h4-12,16-17,21H,13-15H2,1-3H3/t16-,17+,21?/m1/s1. The third-order valence-electron chi connectivity index (χ3n) is 5.43. The first-order valence-corrected chi connectivity index (χ1v) is 9.41. The maximum Gasteiger partial charge on any atom is 0.410 e. The number of ether oxygens (including phenoxy) is 1. The number of likely N-dealkylation sites (tertiary alicyclic amines) is 1. The van der Waals surface area contributed by atoms with E-state index in [1.807, 2.05) is 42.3 Å². The van der Waals surface area contributed by atoms with Gasteiger partial charge in [-0.1, -0.05) is 37.3 Å². The van der Waals surface area contributed by atoms with Crippen molar-refractivity contribution >= 4 is 11.8 Å². The van der Waals surface area contributed by atoms with Gasteiger partial charge in [0.15, 0.2) is 0 Å². The number of hydrogen-bond acceptors (Lipinski definition) is 3. The Morgan fingerprint density at radius 3 is 2.48 bits per heavy atom. The molecular weight excluding hydrogens is 343 g/mol. The van der Waals surface area contributed by atoms with Crippen LogP contribution in [-0.2, 0) is 11.3 Å². The highest BCUT2D eigenvalue weighted by molar-refractivity contribution is 5.68. The Morgan fingerprint density at radius 1 is 1.15 bits per heavy atom. The fourth-order valence-electron chi connectivity index (χ4n) is 3.79. The summed E-state index contributed by atoms with van der Waals surface area (Å²) in [5.41, 5.74) is 1.97. The van der Waals surface area contributed by atoms with Gasteiger partial charge in [-0.25, -0.2) is 9.18 Å². The summed E-state index contributed by atoms with van der Waals surface area (Å²) in [5.74, 6) is 0.0464. The van der Waals surface area contributed by atoms with Gasteiger partial charge in [-0.3, -0.25) is 0 Å². The average molecular weight is 370 g/mol. The molecule has 1 aliphatic heterocycles. The van der Waals surface area contributed by atoms with Gasteiger partial charge in [0.25, 0.3) is 0 Å². The van der Waals surface area contributed by atoms with E-state index in [1.54, 1.807) is 12.1 Å². The molecule has 3 atom stereocenters. The van der Waals surface area contributed by atoms with Gasteiger partial charge in [-0.15, -0.1) is 0 Å². The molecule has 2 aromatic carbocycles. The summed E-state index contributed by atoms with van der Waals surface area (Å²) in [6, 6.07) is 16.6. The number of amides is 1. The van der Waals surface area contributed by atoms with Gasteiger partial charge in [0, 0.05) is 31.4 Å². The van der Waals surface area contributed by atoms with Crippen LogP contribution in [0, 0.1) is 11.7 Å². The lowest BCUT2D eigenvalue weighted by molar-refractivity contribution is 0.0554. The molecule has 5 heteroatoms. The van der Waals surface area contributed by atoms with Crippen LogP contribution < -0.4 is 4.90 Å². The second-order valence-corrected chi connectivity index (χ2v) is 7.41. The highest BCUT2D eigenvalue weighted by Crippen LogP contribution is 2.29. The van der Waals surface area contributed by atoms with Crippen molar-refractivity contribution in [1.29, 1.82) is 0 Å². The Kier molecular flexibility index (Phi) is 5.99.